The molecule has 2 heterocycles. The van der Waals surface area contributed by atoms with Gasteiger partial charge in [0.1, 0.15) is 0 Å². The van der Waals surface area contributed by atoms with E-state index in [0.29, 0.717) is 13.1 Å². The fraction of sp³-hybridized carbons (Fsp3) is 0.333. The van der Waals surface area contributed by atoms with Gasteiger partial charge < -0.3 is 10.0 Å². The molecule has 2 aromatic rings. The number of fused-ring (bicyclic) bond motifs is 1. The molecule has 4 nitrogen and oxygen atoms in total. The van der Waals surface area contributed by atoms with Crippen LogP contribution in [0.5, 0.6) is 0 Å². The van der Waals surface area contributed by atoms with E-state index < -0.39 is 5.97 Å². The number of benzene rings is 1. The summed E-state index contributed by atoms with van der Waals surface area (Å²) >= 11 is 0. The molecule has 0 saturated carbocycles. The molecule has 1 fully saturated rings. The van der Waals surface area contributed by atoms with Crippen molar-refractivity contribution in [3.05, 3.63) is 35.5 Å². The highest BCUT2D eigenvalue weighted by atomic mass is 16.4. The largest absolute Gasteiger partial charge is 0.481 e. The number of carboxylic acids is 1. The molecule has 0 atom stereocenters. The van der Waals surface area contributed by atoms with Crippen LogP contribution >= 0.6 is 0 Å². The summed E-state index contributed by atoms with van der Waals surface area (Å²) in [4.78, 5) is 17.6. The van der Waals surface area contributed by atoms with E-state index in [2.05, 4.69) is 16.0 Å². The molecule has 1 N–H and O–H groups in total. The summed E-state index contributed by atoms with van der Waals surface area (Å²) in [5.74, 6) is -0.948. The number of pyridine rings is 1. The molecule has 0 aliphatic carbocycles. The smallest absolute Gasteiger partial charge is 0.310 e. The van der Waals surface area contributed by atoms with Gasteiger partial charge in [-0.05, 0) is 25.0 Å². The Bertz CT molecular complexity index is 660. The normalized spacial score (nSPS) is 15.6. The van der Waals surface area contributed by atoms with Crippen molar-refractivity contribution in [1.82, 2.24) is 4.98 Å². The van der Waals surface area contributed by atoms with E-state index in [0.717, 1.165) is 27.7 Å². The number of aromatic nitrogens is 1. The lowest BCUT2D eigenvalue weighted by Gasteiger charge is -2.40. The van der Waals surface area contributed by atoms with Gasteiger partial charge in [0, 0.05) is 24.7 Å². The fourth-order valence-electron chi connectivity index (χ4n) is 2.69. The second-order valence-electron chi connectivity index (χ2n) is 5.20. The van der Waals surface area contributed by atoms with Gasteiger partial charge in [0.05, 0.1) is 17.1 Å². The minimum atomic E-state index is -0.705. The van der Waals surface area contributed by atoms with Gasteiger partial charge in [0.2, 0.25) is 0 Å². The second-order valence-corrected chi connectivity index (χ2v) is 5.20. The van der Waals surface area contributed by atoms with Crippen LogP contribution in [0.15, 0.2) is 24.4 Å². The number of carbonyl (C=O) groups is 1. The molecule has 0 amide bonds. The molecule has 1 aliphatic heterocycles. The zero-order valence-electron chi connectivity index (χ0n) is 11.1. The molecule has 1 aromatic carbocycles. The first-order chi connectivity index (χ1) is 9.08. The van der Waals surface area contributed by atoms with Crippen LogP contribution in [0.1, 0.15) is 11.1 Å². The summed E-state index contributed by atoms with van der Waals surface area (Å²) in [6.45, 7) is 5.25. The van der Waals surface area contributed by atoms with Crippen molar-refractivity contribution < 1.29 is 9.90 Å². The van der Waals surface area contributed by atoms with Gasteiger partial charge in [-0.2, -0.15) is 0 Å². The number of para-hydroxylation sites is 1. The molecule has 1 aliphatic rings. The van der Waals surface area contributed by atoms with Crippen molar-refractivity contribution in [2.75, 3.05) is 18.0 Å². The Morgan fingerprint density at radius 2 is 2.05 bits per heavy atom. The zero-order valence-corrected chi connectivity index (χ0v) is 11.1. The quantitative estimate of drug-likeness (QED) is 0.896. The zero-order chi connectivity index (χ0) is 13.6. The number of aryl methyl sites for hydroxylation is 2. The summed E-state index contributed by atoms with van der Waals surface area (Å²) in [6.07, 6.45) is 1.87. The third kappa shape index (κ3) is 1.84. The lowest BCUT2D eigenvalue weighted by atomic mass is 9.96. The average Bonchev–Trinajstić information content (AvgIpc) is 2.30. The Morgan fingerprint density at radius 1 is 1.32 bits per heavy atom. The van der Waals surface area contributed by atoms with Crippen LogP contribution in [0.4, 0.5) is 5.69 Å². The molecular weight excluding hydrogens is 240 g/mol. The first-order valence-electron chi connectivity index (χ1n) is 6.40. The highest BCUT2D eigenvalue weighted by Gasteiger charge is 2.34. The van der Waals surface area contributed by atoms with Gasteiger partial charge in [-0.3, -0.25) is 9.78 Å². The summed E-state index contributed by atoms with van der Waals surface area (Å²) in [5, 5.41) is 10.1. The molecule has 0 spiro atoms. The second kappa shape index (κ2) is 4.23. The first-order valence-corrected chi connectivity index (χ1v) is 6.40. The minimum Gasteiger partial charge on any atom is -0.481 e. The predicted octanol–water partition coefficient (Wildman–Crippen LogP) is 2.37. The van der Waals surface area contributed by atoms with Crippen LogP contribution in [0.2, 0.25) is 0 Å². The maximum atomic E-state index is 10.9. The molecule has 0 bridgehead atoms. The van der Waals surface area contributed by atoms with E-state index in [-0.39, 0.29) is 5.92 Å². The summed E-state index contributed by atoms with van der Waals surface area (Å²) in [5.41, 5.74) is 4.38. The molecule has 98 valence electrons. The molecular formula is C15H16N2O2. The fourth-order valence-corrected chi connectivity index (χ4v) is 2.69. The van der Waals surface area contributed by atoms with Crippen LogP contribution in [0.25, 0.3) is 10.9 Å². The maximum Gasteiger partial charge on any atom is 0.310 e. The van der Waals surface area contributed by atoms with Crippen molar-refractivity contribution in [3.63, 3.8) is 0 Å². The van der Waals surface area contributed by atoms with Gasteiger partial charge in [-0.15, -0.1) is 0 Å². The summed E-state index contributed by atoms with van der Waals surface area (Å²) in [7, 11) is 0. The number of aliphatic carboxylic acids is 1. The van der Waals surface area contributed by atoms with Crippen LogP contribution in [-0.4, -0.2) is 29.1 Å². The van der Waals surface area contributed by atoms with Gasteiger partial charge in [-0.25, -0.2) is 0 Å². The SMILES string of the molecule is Cc1cnc2c(C)cccc2c1N1CC(C(=O)O)C1. The molecule has 1 saturated heterocycles. The summed E-state index contributed by atoms with van der Waals surface area (Å²) < 4.78 is 0. The molecule has 3 rings (SSSR count). The summed E-state index contributed by atoms with van der Waals surface area (Å²) in [6, 6.07) is 6.13. The molecule has 4 heteroatoms. The van der Waals surface area contributed by atoms with Crippen molar-refractivity contribution in [2.45, 2.75) is 13.8 Å². The number of anilines is 1. The molecule has 0 radical (unpaired) electrons. The van der Waals surface area contributed by atoms with Crippen LogP contribution in [-0.2, 0) is 4.79 Å². The Morgan fingerprint density at radius 3 is 2.74 bits per heavy atom. The first kappa shape index (κ1) is 12.0. The van der Waals surface area contributed by atoms with E-state index in [9.17, 15) is 4.79 Å². The number of carboxylic acid groups (broad SMARTS) is 1. The lowest BCUT2D eigenvalue weighted by Crippen LogP contribution is -2.50. The molecule has 1 aromatic heterocycles. The highest BCUT2D eigenvalue weighted by Crippen LogP contribution is 2.34. The Kier molecular flexibility index (Phi) is 2.66. The third-order valence-electron chi connectivity index (χ3n) is 3.80. The van der Waals surface area contributed by atoms with Crippen molar-refractivity contribution in [1.29, 1.82) is 0 Å². The minimum absolute atomic E-state index is 0.243. The Balaban J connectivity index is 2.06. The van der Waals surface area contributed by atoms with Gasteiger partial charge in [0.15, 0.2) is 0 Å². The topological polar surface area (TPSA) is 53.4 Å². The number of nitrogens with zero attached hydrogens (tertiary/aromatic N) is 2. The van der Waals surface area contributed by atoms with Crippen molar-refractivity contribution >= 4 is 22.6 Å². The number of hydrogen-bond donors (Lipinski definition) is 1. The average molecular weight is 256 g/mol. The third-order valence-corrected chi connectivity index (χ3v) is 3.80. The van der Waals surface area contributed by atoms with E-state index in [1.54, 1.807) is 0 Å². The van der Waals surface area contributed by atoms with Crippen molar-refractivity contribution in [2.24, 2.45) is 5.92 Å². The highest BCUT2D eigenvalue weighted by molar-refractivity contribution is 5.95. The van der Waals surface area contributed by atoms with E-state index in [1.165, 1.54) is 0 Å². The number of hydrogen-bond acceptors (Lipinski definition) is 3. The van der Waals surface area contributed by atoms with Gasteiger partial charge >= 0.3 is 5.97 Å². The van der Waals surface area contributed by atoms with Gasteiger partial charge in [0.25, 0.3) is 0 Å². The predicted molar refractivity (Wildman–Crippen MR) is 74.6 cm³/mol. The Labute approximate surface area is 111 Å². The monoisotopic (exact) mass is 256 g/mol. The van der Waals surface area contributed by atoms with E-state index in [4.69, 9.17) is 5.11 Å². The van der Waals surface area contributed by atoms with Crippen LogP contribution in [0.3, 0.4) is 0 Å². The van der Waals surface area contributed by atoms with Crippen LogP contribution in [0, 0.1) is 19.8 Å². The molecule has 0 unspecified atom stereocenters. The van der Waals surface area contributed by atoms with E-state index >= 15 is 0 Å². The lowest BCUT2D eigenvalue weighted by molar-refractivity contribution is -0.142. The van der Waals surface area contributed by atoms with Crippen LogP contribution < -0.4 is 4.90 Å². The standard InChI is InChI=1S/C15H16N2O2/c1-9-4-3-5-12-13(9)16-6-10(2)14(12)17-7-11(8-17)15(18)19/h3-6,11H,7-8H2,1-2H3,(H,18,19). The van der Waals surface area contributed by atoms with Crippen molar-refractivity contribution in [3.8, 4) is 0 Å². The molecule has 19 heavy (non-hydrogen) atoms. The number of rotatable bonds is 2. The Hall–Kier alpha value is -2.10. The van der Waals surface area contributed by atoms with E-state index in [1.807, 2.05) is 32.2 Å². The maximum absolute atomic E-state index is 10.9. The van der Waals surface area contributed by atoms with Gasteiger partial charge in [-0.1, -0.05) is 18.2 Å².